The van der Waals surface area contributed by atoms with Gasteiger partial charge in [-0.25, -0.2) is 0 Å². The van der Waals surface area contributed by atoms with Gasteiger partial charge in [0.05, 0.1) is 5.56 Å². The minimum Gasteiger partial charge on any atom is -0.507 e. The third kappa shape index (κ3) is 2.84. The van der Waals surface area contributed by atoms with Crippen LogP contribution in [0.4, 0.5) is 0 Å². The Balaban J connectivity index is 2.04. The van der Waals surface area contributed by atoms with Gasteiger partial charge in [0.15, 0.2) is 0 Å². The van der Waals surface area contributed by atoms with Crippen LogP contribution in [0, 0.1) is 12.3 Å². The van der Waals surface area contributed by atoms with Gasteiger partial charge in [-0.3, -0.25) is 4.79 Å². The number of hydrogen-bond donors (Lipinski definition) is 2. The first kappa shape index (κ1) is 12.9. The normalized spacial score (nSPS) is 21.8. The molecule has 18 heavy (non-hydrogen) atoms. The Morgan fingerprint density at radius 1 is 1.44 bits per heavy atom. The highest BCUT2D eigenvalue weighted by atomic mass is 16.3. The largest absolute Gasteiger partial charge is 0.507 e. The fraction of sp³-hybridized carbons (Fsp3) is 0.533. The molecule has 3 heteroatoms. The Bertz CT molecular complexity index is 466. The molecule has 3 nitrogen and oxygen atoms in total. The summed E-state index contributed by atoms with van der Waals surface area (Å²) in [7, 11) is 0. The van der Waals surface area contributed by atoms with Gasteiger partial charge in [0.2, 0.25) is 0 Å². The van der Waals surface area contributed by atoms with Gasteiger partial charge >= 0.3 is 0 Å². The summed E-state index contributed by atoms with van der Waals surface area (Å²) < 4.78 is 0. The summed E-state index contributed by atoms with van der Waals surface area (Å²) in [4.78, 5) is 12.1. The van der Waals surface area contributed by atoms with Crippen molar-refractivity contribution in [3.05, 3.63) is 29.3 Å². The Morgan fingerprint density at radius 2 is 2.17 bits per heavy atom. The van der Waals surface area contributed by atoms with Gasteiger partial charge in [-0.1, -0.05) is 19.9 Å². The van der Waals surface area contributed by atoms with E-state index in [0.717, 1.165) is 24.8 Å². The quantitative estimate of drug-likeness (QED) is 0.844. The number of carbonyl (C=O) groups is 1. The molecule has 1 fully saturated rings. The van der Waals surface area contributed by atoms with E-state index >= 15 is 0 Å². The fourth-order valence-corrected chi connectivity index (χ4v) is 2.66. The smallest absolute Gasteiger partial charge is 0.255 e. The van der Waals surface area contributed by atoms with Crippen LogP contribution in [-0.2, 0) is 0 Å². The molecule has 0 aromatic heterocycles. The minimum absolute atomic E-state index is 0.0600. The van der Waals surface area contributed by atoms with Crippen molar-refractivity contribution in [3.8, 4) is 5.75 Å². The van der Waals surface area contributed by atoms with E-state index < -0.39 is 0 Å². The van der Waals surface area contributed by atoms with Gasteiger partial charge < -0.3 is 10.4 Å². The lowest BCUT2D eigenvalue weighted by molar-refractivity contribution is 0.0933. The number of rotatable bonds is 2. The molecule has 1 aromatic carbocycles. The van der Waals surface area contributed by atoms with Crippen molar-refractivity contribution in [2.45, 2.75) is 46.1 Å². The molecule has 1 amide bonds. The molecule has 1 aliphatic carbocycles. The van der Waals surface area contributed by atoms with Gasteiger partial charge in [-0.2, -0.15) is 0 Å². The zero-order chi connectivity index (χ0) is 13.3. The van der Waals surface area contributed by atoms with Crippen LogP contribution in [0.3, 0.4) is 0 Å². The summed E-state index contributed by atoms with van der Waals surface area (Å²) in [6.45, 7) is 6.34. The maximum atomic E-state index is 12.1. The highest BCUT2D eigenvalue weighted by molar-refractivity contribution is 5.97. The molecule has 1 atom stereocenters. The molecule has 2 rings (SSSR count). The zero-order valence-corrected chi connectivity index (χ0v) is 11.3. The summed E-state index contributed by atoms with van der Waals surface area (Å²) >= 11 is 0. The predicted molar refractivity (Wildman–Crippen MR) is 71.7 cm³/mol. The van der Waals surface area contributed by atoms with E-state index in [9.17, 15) is 9.90 Å². The molecule has 2 N–H and O–H groups in total. The van der Waals surface area contributed by atoms with Gasteiger partial charge in [0.1, 0.15) is 5.75 Å². The van der Waals surface area contributed by atoms with Crippen LogP contribution >= 0.6 is 0 Å². The number of amides is 1. The lowest BCUT2D eigenvalue weighted by atomic mass is 9.92. The molecule has 1 unspecified atom stereocenters. The summed E-state index contributed by atoms with van der Waals surface area (Å²) in [5.74, 6) is -0.111. The number of benzene rings is 1. The number of nitrogens with one attached hydrogen (secondary N) is 1. The van der Waals surface area contributed by atoms with Crippen LogP contribution in [0.1, 0.15) is 49.0 Å². The van der Waals surface area contributed by atoms with E-state index in [1.807, 2.05) is 13.0 Å². The molecule has 0 heterocycles. The Hall–Kier alpha value is -1.51. The maximum absolute atomic E-state index is 12.1. The van der Waals surface area contributed by atoms with Crippen molar-refractivity contribution in [2.75, 3.05) is 0 Å². The second-order valence-electron chi connectivity index (χ2n) is 6.10. The van der Waals surface area contributed by atoms with E-state index in [1.54, 1.807) is 12.1 Å². The summed E-state index contributed by atoms with van der Waals surface area (Å²) in [6.07, 6.45) is 3.16. The van der Waals surface area contributed by atoms with Gasteiger partial charge in [0.25, 0.3) is 5.91 Å². The first-order valence-electron chi connectivity index (χ1n) is 6.48. The van der Waals surface area contributed by atoms with Crippen LogP contribution < -0.4 is 5.32 Å². The topological polar surface area (TPSA) is 49.3 Å². The molecule has 0 saturated heterocycles. The highest BCUT2D eigenvalue weighted by Gasteiger charge is 2.32. The summed E-state index contributed by atoms with van der Waals surface area (Å²) in [6, 6.07) is 5.37. The number of aryl methyl sites for hydroxylation is 1. The average Bonchev–Trinajstić information content (AvgIpc) is 2.57. The summed E-state index contributed by atoms with van der Waals surface area (Å²) in [5, 5.41) is 12.8. The molecule has 1 aromatic rings. The third-order valence-corrected chi connectivity index (χ3v) is 3.70. The van der Waals surface area contributed by atoms with Crippen LogP contribution in [-0.4, -0.2) is 17.1 Å². The Morgan fingerprint density at radius 3 is 2.72 bits per heavy atom. The van der Waals surface area contributed by atoms with E-state index in [2.05, 4.69) is 19.2 Å². The molecular weight excluding hydrogens is 226 g/mol. The second kappa shape index (κ2) is 4.63. The molecule has 0 aliphatic heterocycles. The van der Waals surface area contributed by atoms with Crippen molar-refractivity contribution >= 4 is 5.91 Å². The molecular formula is C15H21NO2. The lowest BCUT2D eigenvalue weighted by Crippen LogP contribution is -2.33. The maximum Gasteiger partial charge on any atom is 0.255 e. The van der Waals surface area contributed by atoms with Gasteiger partial charge in [0, 0.05) is 6.04 Å². The molecule has 0 bridgehead atoms. The van der Waals surface area contributed by atoms with Gasteiger partial charge in [-0.15, -0.1) is 0 Å². The number of phenolic OH excluding ortho intramolecular Hbond substituents is 1. The fourth-order valence-electron chi connectivity index (χ4n) is 2.66. The van der Waals surface area contributed by atoms with Crippen molar-refractivity contribution in [1.29, 1.82) is 0 Å². The standard InChI is InChI=1S/C15H21NO2/c1-10-4-5-12(13(17)8-10)14(18)16-11-6-7-15(2,3)9-11/h4-5,8,11,17H,6-7,9H2,1-3H3,(H,16,18). The number of hydrogen-bond acceptors (Lipinski definition) is 2. The van der Waals surface area contributed by atoms with E-state index in [1.165, 1.54) is 0 Å². The van der Waals surface area contributed by atoms with Crippen molar-refractivity contribution in [2.24, 2.45) is 5.41 Å². The predicted octanol–water partition coefficient (Wildman–Crippen LogP) is 3.01. The first-order chi connectivity index (χ1) is 8.37. The van der Waals surface area contributed by atoms with Crippen LogP contribution in [0.15, 0.2) is 18.2 Å². The van der Waals surface area contributed by atoms with Crippen LogP contribution in [0.25, 0.3) is 0 Å². The SMILES string of the molecule is Cc1ccc(C(=O)NC2CCC(C)(C)C2)c(O)c1. The molecule has 0 radical (unpaired) electrons. The van der Waals surface area contributed by atoms with E-state index in [-0.39, 0.29) is 17.7 Å². The molecule has 1 saturated carbocycles. The Kier molecular flexibility index (Phi) is 3.33. The monoisotopic (exact) mass is 247 g/mol. The van der Waals surface area contributed by atoms with Crippen LogP contribution in [0.2, 0.25) is 0 Å². The molecule has 98 valence electrons. The average molecular weight is 247 g/mol. The number of phenols is 1. The minimum atomic E-state index is -0.171. The zero-order valence-electron chi connectivity index (χ0n) is 11.3. The van der Waals surface area contributed by atoms with Crippen molar-refractivity contribution < 1.29 is 9.90 Å². The molecule has 0 spiro atoms. The third-order valence-electron chi connectivity index (χ3n) is 3.70. The van der Waals surface area contributed by atoms with E-state index in [4.69, 9.17) is 0 Å². The molecule has 1 aliphatic rings. The Labute approximate surface area is 108 Å². The van der Waals surface area contributed by atoms with Gasteiger partial charge in [-0.05, 0) is 49.3 Å². The second-order valence-corrected chi connectivity index (χ2v) is 6.10. The van der Waals surface area contributed by atoms with E-state index in [0.29, 0.717) is 11.0 Å². The highest BCUT2D eigenvalue weighted by Crippen LogP contribution is 2.37. The number of carbonyl (C=O) groups excluding carboxylic acids is 1. The van der Waals surface area contributed by atoms with Crippen molar-refractivity contribution in [3.63, 3.8) is 0 Å². The first-order valence-corrected chi connectivity index (χ1v) is 6.48. The summed E-state index contributed by atoms with van der Waals surface area (Å²) in [5.41, 5.74) is 1.63. The van der Waals surface area contributed by atoms with Crippen molar-refractivity contribution in [1.82, 2.24) is 5.32 Å². The van der Waals surface area contributed by atoms with Crippen LogP contribution in [0.5, 0.6) is 5.75 Å². The lowest BCUT2D eigenvalue weighted by Gasteiger charge is -2.18. The number of aromatic hydroxyl groups is 1.